The van der Waals surface area contributed by atoms with Crippen LogP contribution < -0.4 is 0 Å². The molecule has 0 aliphatic carbocycles. The molecule has 0 bridgehead atoms. The van der Waals surface area contributed by atoms with Crippen molar-refractivity contribution >= 4 is 0 Å². The standard InChI is InChI=1S/C5H11O4/c1-3(7)5(9)4(8)2-6/h3,5-9H,2H2,1H3. The van der Waals surface area contributed by atoms with Gasteiger partial charge in [-0.1, -0.05) is 0 Å². The molecule has 4 N–H and O–H groups in total. The molecule has 0 aromatic rings. The van der Waals surface area contributed by atoms with Gasteiger partial charge in [0.1, 0.15) is 12.2 Å². The summed E-state index contributed by atoms with van der Waals surface area (Å²) in [6.07, 6.45) is -2.89. The maximum atomic E-state index is 8.70. The largest absolute Gasteiger partial charge is 0.393 e. The molecule has 0 saturated carbocycles. The predicted octanol–water partition coefficient (Wildman–Crippen LogP) is -1.38. The third-order valence-corrected chi connectivity index (χ3v) is 0.960. The quantitative estimate of drug-likeness (QED) is 0.384. The smallest absolute Gasteiger partial charge is 0.149 e. The normalized spacial score (nSPS) is 18.0. The topological polar surface area (TPSA) is 80.9 Å². The van der Waals surface area contributed by atoms with Crippen molar-refractivity contribution in [1.29, 1.82) is 0 Å². The summed E-state index contributed by atoms with van der Waals surface area (Å²) >= 11 is 0. The third-order valence-electron chi connectivity index (χ3n) is 0.960. The number of hydrogen-bond acceptors (Lipinski definition) is 4. The zero-order valence-electron chi connectivity index (χ0n) is 5.15. The van der Waals surface area contributed by atoms with Crippen LogP contribution in [0.5, 0.6) is 0 Å². The van der Waals surface area contributed by atoms with Crippen LogP contribution >= 0.6 is 0 Å². The van der Waals surface area contributed by atoms with Gasteiger partial charge in [0.05, 0.1) is 12.7 Å². The average molecular weight is 135 g/mol. The number of aliphatic hydroxyl groups is 4. The fourth-order valence-electron chi connectivity index (χ4n) is 0.372. The first kappa shape index (κ1) is 8.84. The van der Waals surface area contributed by atoms with Crippen LogP contribution in [0.1, 0.15) is 6.92 Å². The second kappa shape index (κ2) is 3.79. The highest BCUT2D eigenvalue weighted by atomic mass is 16.4. The predicted molar refractivity (Wildman–Crippen MR) is 30.0 cm³/mol. The molecule has 0 heterocycles. The second-order valence-corrected chi connectivity index (χ2v) is 1.83. The van der Waals surface area contributed by atoms with Gasteiger partial charge in [0.2, 0.25) is 0 Å². The fourth-order valence-corrected chi connectivity index (χ4v) is 0.372. The molecule has 0 amide bonds. The molecule has 0 rings (SSSR count). The van der Waals surface area contributed by atoms with Gasteiger partial charge in [-0.15, -0.1) is 0 Å². The first-order chi connectivity index (χ1) is 4.09. The minimum atomic E-state index is -1.34. The minimum absolute atomic E-state index is 0.509. The molecule has 0 aliphatic heterocycles. The van der Waals surface area contributed by atoms with Gasteiger partial charge in [0, 0.05) is 0 Å². The summed E-state index contributed by atoms with van der Waals surface area (Å²) in [6.45, 7) is 0.697. The van der Waals surface area contributed by atoms with Gasteiger partial charge in [-0.3, -0.25) is 0 Å². The van der Waals surface area contributed by atoms with Gasteiger partial charge >= 0.3 is 0 Å². The highest BCUT2D eigenvalue weighted by Gasteiger charge is 2.20. The molecule has 4 nitrogen and oxygen atoms in total. The molecular formula is C5H11O4. The maximum absolute atomic E-state index is 8.70. The van der Waals surface area contributed by atoms with E-state index in [2.05, 4.69) is 0 Å². The van der Waals surface area contributed by atoms with E-state index in [9.17, 15) is 0 Å². The Hall–Kier alpha value is -0.160. The van der Waals surface area contributed by atoms with Crippen LogP contribution in [0.25, 0.3) is 0 Å². The second-order valence-electron chi connectivity index (χ2n) is 1.83. The first-order valence-electron chi connectivity index (χ1n) is 2.61. The SMILES string of the molecule is CC(O)C(O)[C](O)CO. The van der Waals surface area contributed by atoms with Gasteiger partial charge in [0.15, 0.2) is 0 Å². The van der Waals surface area contributed by atoms with Crippen molar-refractivity contribution < 1.29 is 20.4 Å². The molecule has 0 aliphatic rings. The molecule has 0 saturated heterocycles. The van der Waals surface area contributed by atoms with E-state index in [1.54, 1.807) is 0 Å². The van der Waals surface area contributed by atoms with Gasteiger partial charge in [-0.25, -0.2) is 0 Å². The molecule has 0 aromatic carbocycles. The molecule has 2 unspecified atom stereocenters. The van der Waals surface area contributed by atoms with E-state index >= 15 is 0 Å². The Morgan fingerprint density at radius 1 is 1.44 bits per heavy atom. The average Bonchev–Trinajstić information content (AvgIpc) is 1.84. The lowest BCUT2D eigenvalue weighted by Gasteiger charge is -2.16. The highest BCUT2D eigenvalue weighted by Crippen LogP contribution is 2.04. The maximum Gasteiger partial charge on any atom is 0.149 e. The summed E-state index contributed by atoms with van der Waals surface area (Å²) in [5.74, 6) is 0. The summed E-state index contributed by atoms with van der Waals surface area (Å²) in [5.41, 5.74) is 0. The summed E-state index contributed by atoms with van der Waals surface area (Å²) in [6, 6.07) is 0. The number of hydrogen-bond donors (Lipinski definition) is 4. The molecular weight excluding hydrogens is 124 g/mol. The summed E-state index contributed by atoms with van der Waals surface area (Å²) < 4.78 is 0. The Morgan fingerprint density at radius 3 is 2.00 bits per heavy atom. The van der Waals surface area contributed by atoms with Crippen molar-refractivity contribution in [3.8, 4) is 0 Å². The lowest BCUT2D eigenvalue weighted by atomic mass is 10.1. The van der Waals surface area contributed by atoms with Crippen molar-refractivity contribution in [2.75, 3.05) is 6.61 Å². The van der Waals surface area contributed by atoms with Crippen molar-refractivity contribution in [3.05, 3.63) is 6.10 Å². The molecule has 9 heavy (non-hydrogen) atoms. The van der Waals surface area contributed by atoms with Crippen molar-refractivity contribution in [3.63, 3.8) is 0 Å². The molecule has 4 heteroatoms. The van der Waals surface area contributed by atoms with Crippen molar-refractivity contribution in [2.45, 2.75) is 19.1 Å². The lowest BCUT2D eigenvalue weighted by Crippen LogP contribution is -2.31. The Kier molecular flexibility index (Phi) is 3.72. The highest BCUT2D eigenvalue weighted by molar-refractivity contribution is 4.87. The molecule has 55 valence electrons. The van der Waals surface area contributed by atoms with E-state index in [1.165, 1.54) is 6.92 Å². The van der Waals surface area contributed by atoms with Crippen molar-refractivity contribution in [2.24, 2.45) is 0 Å². The summed E-state index contributed by atoms with van der Waals surface area (Å²) in [4.78, 5) is 0. The van der Waals surface area contributed by atoms with Gasteiger partial charge < -0.3 is 20.4 Å². The molecule has 2 atom stereocenters. The van der Waals surface area contributed by atoms with Crippen LogP contribution in [0.3, 0.4) is 0 Å². The molecule has 0 fully saturated rings. The molecule has 0 aromatic heterocycles. The van der Waals surface area contributed by atoms with Crippen LogP contribution in [0.4, 0.5) is 0 Å². The van der Waals surface area contributed by atoms with E-state index in [0.717, 1.165) is 0 Å². The van der Waals surface area contributed by atoms with Crippen LogP contribution in [0, 0.1) is 6.10 Å². The van der Waals surface area contributed by atoms with E-state index in [4.69, 9.17) is 20.4 Å². The number of rotatable bonds is 3. The fraction of sp³-hybridized carbons (Fsp3) is 0.800. The van der Waals surface area contributed by atoms with E-state index < -0.39 is 24.9 Å². The summed E-state index contributed by atoms with van der Waals surface area (Å²) in [5, 5.41) is 34.0. The number of aliphatic hydroxyl groups excluding tert-OH is 4. The third kappa shape index (κ3) is 2.76. The monoisotopic (exact) mass is 135 g/mol. The molecule has 1 radical (unpaired) electrons. The molecule has 0 spiro atoms. The van der Waals surface area contributed by atoms with Crippen LogP contribution in [-0.2, 0) is 0 Å². The van der Waals surface area contributed by atoms with Crippen LogP contribution in [-0.4, -0.2) is 39.2 Å². The van der Waals surface area contributed by atoms with Crippen LogP contribution in [0.2, 0.25) is 0 Å². The van der Waals surface area contributed by atoms with E-state index in [-0.39, 0.29) is 0 Å². The zero-order valence-corrected chi connectivity index (χ0v) is 5.15. The first-order valence-corrected chi connectivity index (χ1v) is 2.61. The lowest BCUT2D eigenvalue weighted by molar-refractivity contribution is -0.0159. The van der Waals surface area contributed by atoms with Gasteiger partial charge in [-0.05, 0) is 6.92 Å². The van der Waals surface area contributed by atoms with Gasteiger partial charge in [0.25, 0.3) is 0 Å². The van der Waals surface area contributed by atoms with Gasteiger partial charge in [-0.2, -0.15) is 0 Å². The van der Waals surface area contributed by atoms with Crippen molar-refractivity contribution in [1.82, 2.24) is 0 Å². The Morgan fingerprint density at radius 2 is 1.89 bits per heavy atom. The Labute approximate surface area is 53.4 Å². The zero-order chi connectivity index (χ0) is 7.44. The van der Waals surface area contributed by atoms with E-state index in [0.29, 0.717) is 0 Å². The summed E-state index contributed by atoms with van der Waals surface area (Å²) in [7, 11) is 0. The Bertz CT molecular complexity index is 73.4. The van der Waals surface area contributed by atoms with E-state index in [1.807, 2.05) is 0 Å². The minimum Gasteiger partial charge on any atom is -0.393 e. The van der Waals surface area contributed by atoms with Crippen LogP contribution in [0.15, 0.2) is 0 Å². The Balaban J connectivity index is 3.58.